The van der Waals surface area contributed by atoms with E-state index >= 15 is 0 Å². The zero-order chi connectivity index (χ0) is 21.3. The second-order valence-electron chi connectivity index (χ2n) is 9.34. The van der Waals surface area contributed by atoms with Crippen molar-refractivity contribution in [3.8, 4) is 0 Å². The summed E-state index contributed by atoms with van der Waals surface area (Å²) in [6.07, 6.45) is 1.15. The van der Waals surface area contributed by atoms with Gasteiger partial charge in [0.2, 0.25) is 0 Å². The molecule has 0 saturated carbocycles. The van der Waals surface area contributed by atoms with E-state index in [-0.39, 0.29) is 5.91 Å². The van der Waals surface area contributed by atoms with E-state index in [4.69, 9.17) is 0 Å². The molecule has 2 unspecified atom stereocenters. The van der Waals surface area contributed by atoms with Crippen LogP contribution in [0.15, 0.2) is 36.4 Å². The van der Waals surface area contributed by atoms with E-state index in [9.17, 15) is 4.79 Å². The van der Waals surface area contributed by atoms with Gasteiger partial charge in [-0.15, -0.1) is 0 Å². The van der Waals surface area contributed by atoms with Gasteiger partial charge in [-0.25, -0.2) is 0 Å². The first-order valence-corrected chi connectivity index (χ1v) is 11.3. The Morgan fingerprint density at radius 1 is 0.900 bits per heavy atom. The first kappa shape index (κ1) is 20.9. The molecule has 2 aliphatic rings. The van der Waals surface area contributed by atoms with Crippen LogP contribution >= 0.6 is 0 Å². The Morgan fingerprint density at radius 3 is 2.20 bits per heavy atom. The predicted molar refractivity (Wildman–Crippen MR) is 124 cm³/mol. The number of aryl methyl sites for hydroxylation is 4. The second-order valence-corrected chi connectivity index (χ2v) is 9.34. The average Bonchev–Trinajstić information content (AvgIpc) is 3.26. The number of fused-ring (bicyclic) bond motifs is 1. The molecule has 2 aromatic carbocycles. The summed E-state index contributed by atoms with van der Waals surface area (Å²) in [6, 6.07) is 12.7. The van der Waals surface area contributed by atoms with Crippen molar-refractivity contribution in [3.63, 3.8) is 0 Å². The van der Waals surface area contributed by atoms with E-state index in [1.807, 2.05) is 32.0 Å². The van der Waals surface area contributed by atoms with Crippen molar-refractivity contribution >= 4 is 11.6 Å². The zero-order valence-corrected chi connectivity index (χ0v) is 18.9. The van der Waals surface area contributed by atoms with Crippen molar-refractivity contribution in [2.75, 3.05) is 44.6 Å². The van der Waals surface area contributed by atoms with Gasteiger partial charge < -0.3 is 15.1 Å². The van der Waals surface area contributed by atoms with E-state index in [1.165, 1.54) is 16.8 Å². The molecule has 1 N–H and O–H groups in total. The lowest BCUT2D eigenvalue weighted by molar-refractivity contribution is 0.0772. The first-order valence-electron chi connectivity index (χ1n) is 11.3. The van der Waals surface area contributed by atoms with Gasteiger partial charge in [0.25, 0.3) is 5.91 Å². The molecule has 2 aromatic rings. The Bertz CT molecular complexity index is 888. The fraction of sp³-hybridized carbons (Fsp3) is 0.500. The molecule has 0 aliphatic carbocycles. The Hall–Kier alpha value is -2.33. The smallest absolute Gasteiger partial charge is 0.254 e. The van der Waals surface area contributed by atoms with Gasteiger partial charge in [-0.05, 0) is 86.9 Å². The van der Waals surface area contributed by atoms with Crippen LogP contribution in [-0.2, 0) is 0 Å². The Kier molecular flexibility index (Phi) is 6.14. The van der Waals surface area contributed by atoms with E-state index in [2.05, 4.69) is 47.2 Å². The third-order valence-corrected chi connectivity index (χ3v) is 7.03. The first-order chi connectivity index (χ1) is 14.4. The molecular weight excluding hydrogens is 370 g/mol. The maximum atomic E-state index is 13.1. The molecule has 1 amide bonds. The molecule has 2 fully saturated rings. The van der Waals surface area contributed by atoms with Gasteiger partial charge in [0.1, 0.15) is 0 Å². The van der Waals surface area contributed by atoms with Crippen LogP contribution in [0.4, 0.5) is 5.69 Å². The second kappa shape index (κ2) is 8.81. The molecule has 2 saturated heterocycles. The molecule has 0 radical (unpaired) electrons. The molecule has 0 spiro atoms. The number of anilines is 1. The molecule has 4 rings (SSSR count). The lowest BCUT2D eigenvalue weighted by Crippen LogP contribution is -2.34. The highest BCUT2D eigenvalue weighted by atomic mass is 16.2. The third-order valence-electron chi connectivity index (χ3n) is 7.03. The minimum Gasteiger partial charge on any atom is -0.385 e. The van der Waals surface area contributed by atoms with Crippen molar-refractivity contribution in [3.05, 3.63) is 64.2 Å². The monoisotopic (exact) mass is 405 g/mol. The number of hydrogen-bond donors (Lipinski definition) is 1. The quantitative estimate of drug-likeness (QED) is 0.723. The number of carbonyl (C=O) groups excluding carboxylic acids is 1. The van der Waals surface area contributed by atoms with Crippen LogP contribution in [0.2, 0.25) is 0 Å². The molecular formula is C26H35N3O. The maximum absolute atomic E-state index is 13.1. The fourth-order valence-electron chi connectivity index (χ4n) is 5.14. The Labute approximate surface area is 181 Å². The predicted octanol–water partition coefficient (Wildman–Crippen LogP) is 4.43. The molecule has 0 bridgehead atoms. The molecule has 0 aromatic heterocycles. The topological polar surface area (TPSA) is 35.6 Å². The number of nitrogens with one attached hydrogen (secondary N) is 1. The summed E-state index contributed by atoms with van der Waals surface area (Å²) < 4.78 is 0. The van der Waals surface area contributed by atoms with Crippen LogP contribution in [0.1, 0.15) is 39.0 Å². The lowest BCUT2D eigenvalue weighted by Gasteiger charge is -2.23. The van der Waals surface area contributed by atoms with Crippen molar-refractivity contribution in [1.29, 1.82) is 0 Å². The summed E-state index contributed by atoms with van der Waals surface area (Å²) in [7, 11) is 0. The molecule has 2 heterocycles. The van der Waals surface area contributed by atoms with Crippen LogP contribution in [-0.4, -0.2) is 55.0 Å². The summed E-state index contributed by atoms with van der Waals surface area (Å²) in [5, 5.41) is 3.56. The van der Waals surface area contributed by atoms with Crippen LogP contribution in [0.25, 0.3) is 0 Å². The molecule has 4 heteroatoms. The average molecular weight is 406 g/mol. The van der Waals surface area contributed by atoms with Crippen molar-refractivity contribution in [2.45, 2.75) is 34.1 Å². The summed E-state index contributed by atoms with van der Waals surface area (Å²) in [5.74, 6) is 1.49. The van der Waals surface area contributed by atoms with E-state index in [0.29, 0.717) is 11.8 Å². The van der Waals surface area contributed by atoms with Gasteiger partial charge in [-0.2, -0.15) is 0 Å². The fourth-order valence-corrected chi connectivity index (χ4v) is 5.14. The standard InChI is InChI=1S/C26H35N3O/c1-18-9-10-24(13-21(18)4)27-11-6-12-28-14-22-16-29(17-23(22)15-28)26(30)25-19(2)7-5-8-20(25)3/h5,7-10,13,22-23,27H,6,11-12,14-17H2,1-4H3. The van der Waals surface area contributed by atoms with Gasteiger partial charge in [0.15, 0.2) is 0 Å². The molecule has 160 valence electrons. The number of amides is 1. The normalized spacial score (nSPS) is 21.1. The SMILES string of the molecule is Cc1ccc(NCCCN2CC3CN(C(=O)c4c(C)cccc4C)CC3C2)cc1C. The van der Waals surface area contributed by atoms with Gasteiger partial charge >= 0.3 is 0 Å². The Balaban J connectivity index is 1.23. The van der Waals surface area contributed by atoms with Gasteiger partial charge in [0, 0.05) is 44.0 Å². The number of hydrogen-bond acceptors (Lipinski definition) is 3. The number of carbonyl (C=O) groups is 1. The number of nitrogens with zero attached hydrogens (tertiary/aromatic N) is 2. The number of likely N-dealkylation sites (tertiary alicyclic amines) is 2. The van der Waals surface area contributed by atoms with Gasteiger partial charge in [-0.3, -0.25) is 4.79 Å². The highest BCUT2D eigenvalue weighted by Crippen LogP contribution is 2.32. The molecule has 2 atom stereocenters. The van der Waals surface area contributed by atoms with Crippen LogP contribution < -0.4 is 5.32 Å². The van der Waals surface area contributed by atoms with E-state index < -0.39 is 0 Å². The summed E-state index contributed by atoms with van der Waals surface area (Å²) in [5.41, 5.74) is 7.00. The summed E-state index contributed by atoms with van der Waals surface area (Å²) in [6.45, 7) is 14.6. The zero-order valence-electron chi connectivity index (χ0n) is 18.9. The van der Waals surface area contributed by atoms with Crippen molar-refractivity contribution in [1.82, 2.24) is 9.80 Å². The number of benzene rings is 2. The maximum Gasteiger partial charge on any atom is 0.254 e. The van der Waals surface area contributed by atoms with Crippen molar-refractivity contribution < 1.29 is 4.79 Å². The highest BCUT2D eigenvalue weighted by molar-refractivity contribution is 5.97. The molecule has 2 aliphatic heterocycles. The molecule has 30 heavy (non-hydrogen) atoms. The van der Waals surface area contributed by atoms with Crippen LogP contribution in [0.5, 0.6) is 0 Å². The van der Waals surface area contributed by atoms with E-state index in [1.54, 1.807) is 0 Å². The third kappa shape index (κ3) is 4.39. The summed E-state index contributed by atoms with van der Waals surface area (Å²) in [4.78, 5) is 17.8. The van der Waals surface area contributed by atoms with E-state index in [0.717, 1.165) is 62.4 Å². The summed E-state index contributed by atoms with van der Waals surface area (Å²) >= 11 is 0. The highest BCUT2D eigenvalue weighted by Gasteiger charge is 2.41. The minimum atomic E-state index is 0.226. The number of rotatable bonds is 6. The van der Waals surface area contributed by atoms with Crippen LogP contribution in [0, 0.1) is 39.5 Å². The largest absolute Gasteiger partial charge is 0.385 e. The van der Waals surface area contributed by atoms with Crippen LogP contribution in [0.3, 0.4) is 0 Å². The van der Waals surface area contributed by atoms with Gasteiger partial charge in [0.05, 0.1) is 0 Å². The van der Waals surface area contributed by atoms with Gasteiger partial charge in [-0.1, -0.05) is 24.3 Å². The lowest BCUT2D eigenvalue weighted by atomic mass is 10.0. The molecule has 4 nitrogen and oxygen atoms in total. The minimum absolute atomic E-state index is 0.226. The van der Waals surface area contributed by atoms with Crippen molar-refractivity contribution in [2.24, 2.45) is 11.8 Å². The Morgan fingerprint density at radius 2 is 1.57 bits per heavy atom.